The van der Waals surface area contributed by atoms with E-state index in [1.165, 1.54) is 31.9 Å². The highest BCUT2D eigenvalue weighted by molar-refractivity contribution is 7.15. The smallest absolute Gasteiger partial charge is 0.337 e. The predicted molar refractivity (Wildman–Crippen MR) is 177 cm³/mol. The first-order chi connectivity index (χ1) is 21.4. The Morgan fingerprint density at radius 3 is 2.61 bits per heavy atom. The Hall–Kier alpha value is -4.04. The number of aryl methyl sites for hydroxylation is 2. The lowest BCUT2D eigenvalue weighted by molar-refractivity contribution is -0.119. The molecule has 2 aromatic heterocycles. The van der Waals surface area contributed by atoms with Crippen LogP contribution in [0.5, 0.6) is 0 Å². The SMILES string of the molecule is C=CCCNC(=O)CN1c2cc(C(=O)OC)ccc2C(C2CCCCC2)C1c1ccc2nc(-c3sc(C)nc3C)ccc2c1. The molecule has 44 heavy (non-hydrogen) atoms. The number of aromatic nitrogens is 2. The third-order valence-corrected chi connectivity index (χ3v) is 10.2. The summed E-state index contributed by atoms with van der Waals surface area (Å²) in [6.45, 7) is 8.58. The summed E-state index contributed by atoms with van der Waals surface area (Å²) in [6.07, 6.45) is 8.53. The number of anilines is 1. The van der Waals surface area contributed by atoms with Crippen molar-refractivity contribution in [3.05, 3.63) is 88.6 Å². The lowest BCUT2D eigenvalue weighted by Gasteiger charge is -2.36. The Labute approximate surface area is 263 Å². The maximum atomic E-state index is 13.3. The van der Waals surface area contributed by atoms with Crippen molar-refractivity contribution in [1.82, 2.24) is 15.3 Å². The van der Waals surface area contributed by atoms with Crippen molar-refractivity contribution in [3.63, 3.8) is 0 Å². The first-order valence-electron chi connectivity index (χ1n) is 15.6. The quantitative estimate of drug-likeness (QED) is 0.119. The Morgan fingerprint density at radius 2 is 1.89 bits per heavy atom. The van der Waals surface area contributed by atoms with Crippen LogP contribution < -0.4 is 10.2 Å². The van der Waals surface area contributed by atoms with Crippen LogP contribution in [0.25, 0.3) is 21.5 Å². The predicted octanol–water partition coefficient (Wildman–Crippen LogP) is 7.68. The first-order valence-corrected chi connectivity index (χ1v) is 16.4. The van der Waals surface area contributed by atoms with E-state index in [0.717, 1.165) is 56.3 Å². The van der Waals surface area contributed by atoms with E-state index in [4.69, 9.17) is 9.72 Å². The number of nitrogens with one attached hydrogen (secondary N) is 1. The van der Waals surface area contributed by atoms with Gasteiger partial charge in [0, 0.05) is 23.5 Å². The van der Waals surface area contributed by atoms with E-state index in [2.05, 4.69) is 58.2 Å². The molecule has 1 aliphatic heterocycles. The molecule has 0 spiro atoms. The van der Waals surface area contributed by atoms with Crippen LogP contribution in [0.2, 0.25) is 0 Å². The zero-order valence-electron chi connectivity index (χ0n) is 25.8. The maximum absolute atomic E-state index is 13.3. The van der Waals surface area contributed by atoms with Crippen molar-refractivity contribution in [3.8, 4) is 10.6 Å². The molecule has 4 aromatic rings. The Balaban J connectivity index is 1.44. The standard InChI is InChI=1S/C36H40N4O3S/c1-5-6-18-37-32(41)21-40-31-20-27(36(42)43-4)12-15-28(31)33(24-10-8-7-9-11-24)34(40)26-14-16-29-25(19-26)13-17-30(39-29)35-22(2)38-23(3)44-35/h5,12-17,19-20,24,33-34H,1,6-11,18,21H2,2-4H3,(H,37,41). The van der Waals surface area contributed by atoms with E-state index in [1.54, 1.807) is 11.3 Å². The molecule has 2 unspecified atom stereocenters. The number of hydrogen-bond donors (Lipinski definition) is 1. The maximum Gasteiger partial charge on any atom is 0.337 e. The fraction of sp³-hybridized carbons (Fsp3) is 0.389. The van der Waals surface area contributed by atoms with Gasteiger partial charge in [0.15, 0.2) is 0 Å². The summed E-state index contributed by atoms with van der Waals surface area (Å²) < 4.78 is 5.07. The number of fused-ring (bicyclic) bond motifs is 2. The number of carbonyl (C=O) groups excluding carboxylic acids is 2. The number of thiazole rings is 1. The second-order valence-electron chi connectivity index (χ2n) is 12.0. The van der Waals surface area contributed by atoms with Crippen LogP contribution in [0.4, 0.5) is 5.69 Å². The summed E-state index contributed by atoms with van der Waals surface area (Å²) in [5.74, 6) is 0.266. The normalized spacial score (nSPS) is 18.3. The van der Waals surface area contributed by atoms with E-state index in [-0.39, 0.29) is 30.4 Å². The van der Waals surface area contributed by atoms with Gasteiger partial charge in [0.05, 0.1) is 52.0 Å². The molecule has 0 bridgehead atoms. The molecular formula is C36H40N4O3S. The Kier molecular flexibility index (Phi) is 8.80. The highest BCUT2D eigenvalue weighted by Gasteiger charge is 2.44. The minimum atomic E-state index is -0.375. The van der Waals surface area contributed by atoms with Gasteiger partial charge in [-0.1, -0.05) is 43.5 Å². The number of pyridine rings is 1. The molecular weight excluding hydrogens is 568 g/mol. The van der Waals surface area contributed by atoms with Gasteiger partial charge in [-0.3, -0.25) is 4.79 Å². The summed E-state index contributed by atoms with van der Waals surface area (Å²) >= 11 is 1.67. The molecule has 228 valence electrons. The molecule has 1 aliphatic carbocycles. The van der Waals surface area contributed by atoms with E-state index in [0.29, 0.717) is 24.4 Å². The summed E-state index contributed by atoms with van der Waals surface area (Å²) in [7, 11) is 1.40. The molecule has 2 atom stereocenters. The van der Waals surface area contributed by atoms with Crippen LogP contribution in [0, 0.1) is 19.8 Å². The zero-order valence-corrected chi connectivity index (χ0v) is 26.6. The number of carbonyl (C=O) groups is 2. The molecule has 7 nitrogen and oxygen atoms in total. The zero-order chi connectivity index (χ0) is 30.8. The third-order valence-electron chi connectivity index (χ3n) is 9.13. The van der Waals surface area contributed by atoms with E-state index in [9.17, 15) is 9.59 Å². The lowest BCUT2D eigenvalue weighted by atomic mass is 9.73. The van der Waals surface area contributed by atoms with Crippen LogP contribution in [-0.4, -0.2) is 42.0 Å². The number of hydrogen-bond acceptors (Lipinski definition) is 7. The minimum Gasteiger partial charge on any atom is -0.465 e. The van der Waals surface area contributed by atoms with Gasteiger partial charge in [-0.2, -0.15) is 0 Å². The summed E-state index contributed by atoms with van der Waals surface area (Å²) in [6, 6.07) is 16.6. The van der Waals surface area contributed by atoms with Gasteiger partial charge in [-0.15, -0.1) is 17.9 Å². The average molecular weight is 609 g/mol. The van der Waals surface area contributed by atoms with Gasteiger partial charge in [-0.25, -0.2) is 14.8 Å². The lowest BCUT2D eigenvalue weighted by Crippen LogP contribution is -2.39. The molecule has 6 rings (SSSR count). The fourth-order valence-corrected chi connectivity index (χ4v) is 8.05. The van der Waals surface area contributed by atoms with Crippen molar-refractivity contribution >= 4 is 39.8 Å². The van der Waals surface area contributed by atoms with Gasteiger partial charge in [0.2, 0.25) is 5.91 Å². The molecule has 8 heteroatoms. The summed E-state index contributed by atoms with van der Waals surface area (Å²) in [4.78, 5) is 38.9. The Bertz CT molecular complexity index is 1710. The molecule has 0 radical (unpaired) electrons. The van der Waals surface area contributed by atoms with Crippen molar-refractivity contribution in [2.24, 2.45) is 5.92 Å². The number of benzene rings is 2. The van der Waals surface area contributed by atoms with Crippen LogP contribution in [0.3, 0.4) is 0 Å². The molecule has 1 amide bonds. The van der Waals surface area contributed by atoms with Gasteiger partial charge in [0.1, 0.15) is 0 Å². The molecule has 3 heterocycles. The highest BCUT2D eigenvalue weighted by atomic mass is 32.1. The van der Waals surface area contributed by atoms with E-state index in [1.807, 2.05) is 32.1 Å². The first kappa shape index (κ1) is 30.0. The highest BCUT2D eigenvalue weighted by Crippen LogP contribution is 2.55. The van der Waals surface area contributed by atoms with Gasteiger partial charge >= 0.3 is 5.97 Å². The van der Waals surface area contributed by atoms with Crippen LogP contribution >= 0.6 is 11.3 Å². The third kappa shape index (κ3) is 5.87. The van der Waals surface area contributed by atoms with Gasteiger partial charge in [0.25, 0.3) is 0 Å². The molecule has 1 saturated carbocycles. The average Bonchev–Trinajstić information content (AvgIpc) is 3.55. The van der Waals surface area contributed by atoms with Crippen molar-refractivity contribution in [1.29, 1.82) is 0 Å². The van der Waals surface area contributed by atoms with Gasteiger partial charge in [-0.05, 0) is 80.5 Å². The van der Waals surface area contributed by atoms with Crippen LogP contribution in [-0.2, 0) is 9.53 Å². The van der Waals surface area contributed by atoms with Crippen molar-refractivity contribution in [2.75, 3.05) is 25.1 Å². The monoisotopic (exact) mass is 608 g/mol. The molecule has 2 aliphatic rings. The number of ether oxygens (including phenoxy) is 1. The number of esters is 1. The fourth-order valence-electron chi connectivity index (χ4n) is 7.16. The summed E-state index contributed by atoms with van der Waals surface area (Å²) in [5.41, 5.74) is 6.67. The minimum absolute atomic E-state index is 0.0436. The molecule has 2 aromatic carbocycles. The second-order valence-corrected chi connectivity index (χ2v) is 13.2. The molecule has 1 fully saturated rings. The second kappa shape index (κ2) is 12.9. The number of rotatable bonds is 9. The van der Waals surface area contributed by atoms with Crippen LogP contribution in [0.15, 0.2) is 61.2 Å². The topological polar surface area (TPSA) is 84.4 Å². The van der Waals surface area contributed by atoms with Crippen molar-refractivity contribution < 1.29 is 14.3 Å². The van der Waals surface area contributed by atoms with Gasteiger partial charge < -0.3 is 15.0 Å². The molecule has 0 saturated heterocycles. The Morgan fingerprint density at radius 1 is 1.07 bits per heavy atom. The summed E-state index contributed by atoms with van der Waals surface area (Å²) in [5, 5.41) is 5.16. The van der Waals surface area contributed by atoms with Crippen LogP contribution in [0.1, 0.15) is 82.7 Å². The van der Waals surface area contributed by atoms with E-state index >= 15 is 0 Å². The van der Waals surface area contributed by atoms with E-state index < -0.39 is 0 Å². The largest absolute Gasteiger partial charge is 0.465 e. The number of methoxy groups -OCH3 is 1. The molecule has 1 N–H and O–H groups in total. The van der Waals surface area contributed by atoms with Crippen molar-refractivity contribution in [2.45, 2.75) is 64.3 Å². The number of nitrogens with zero attached hydrogens (tertiary/aromatic N) is 3. The number of amides is 1.